The van der Waals surface area contributed by atoms with Crippen LogP contribution in [-0.4, -0.2) is 98.8 Å². The molecule has 4 heterocycles. The van der Waals surface area contributed by atoms with Gasteiger partial charge in [0, 0.05) is 87.6 Å². The minimum Gasteiger partial charge on any atom is -0.505 e. The van der Waals surface area contributed by atoms with Gasteiger partial charge in [0.05, 0.1) is 41.0 Å². The normalized spacial score (nSPS) is 30.0. The fraction of sp³-hybridized carbons (Fsp3) is 0.444. The average Bonchev–Trinajstić information content (AvgIpc) is 3.72. The van der Waals surface area contributed by atoms with Crippen LogP contribution in [0.25, 0.3) is 33.7 Å². The van der Waals surface area contributed by atoms with Crippen molar-refractivity contribution in [3.8, 4) is 11.5 Å². The lowest BCUT2D eigenvalue weighted by Gasteiger charge is -2.38. The Bertz CT molecular complexity index is 2700. The number of pyridine rings is 1. The number of nitrogens with one attached hydrogen (secondary N) is 2. The number of hydrogen-bond donors (Lipinski definition) is 5. The predicted molar refractivity (Wildman–Crippen MR) is 228 cm³/mol. The maximum absolute atomic E-state index is 14.7. The molecule has 6 rings (SSSR count). The molecule has 0 saturated heterocycles. The van der Waals surface area contributed by atoms with Gasteiger partial charge in [-0.25, -0.2) is 10.0 Å². The van der Waals surface area contributed by atoms with Crippen molar-refractivity contribution in [3.05, 3.63) is 86.4 Å². The molecular formula is C45H55N5O11. The first-order valence-corrected chi connectivity index (χ1v) is 20.1. The number of aliphatic hydroxyl groups is 2. The molecule has 1 amide bonds. The molecule has 2 aliphatic heterocycles. The van der Waals surface area contributed by atoms with Crippen molar-refractivity contribution in [2.24, 2.45) is 28.7 Å². The van der Waals surface area contributed by atoms with Crippen LogP contribution < -0.4 is 26.2 Å². The van der Waals surface area contributed by atoms with Gasteiger partial charge >= 0.3 is 11.8 Å². The number of hydrazine groups is 1. The zero-order chi connectivity index (χ0) is 44.8. The maximum atomic E-state index is 14.7. The number of hydrogen-bond acceptors (Lipinski definition) is 13. The number of aliphatic hydroxyl groups excluding tert-OH is 2. The van der Waals surface area contributed by atoms with Crippen LogP contribution >= 0.6 is 0 Å². The SMILES string of the molecule is CO[C@H]1/C=C/O[C@@]2(C)Oc3c(C)c(=O)c4c(O)c(c5c([nH]c6cc(=CNN(C)C)ccn65)c4c3C2=O)=NC(=O)/C(C)=C\C=C\[C@H](C)[C@H](O)[C@@H](C)[C@@H](O)[C@@H](C)[C@H](OC(C)=O)[C@@H]1C. The number of Topliss-reactive ketones (excluding diaryl/α,β-unsaturated/α-hetero) is 1. The number of ketones is 1. The molecule has 16 heteroatoms. The summed E-state index contributed by atoms with van der Waals surface area (Å²) in [5, 5.41) is 37.1. The summed E-state index contributed by atoms with van der Waals surface area (Å²) in [6.45, 7) is 12.6. The van der Waals surface area contributed by atoms with Crippen LogP contribution in [0.15, 0.2) is 64.3 Å². The summed E-state index contributed by atoms with van der Waals surface area (Å²) < 4.78 is 25.5. The first-order chi connectivity index (χ1) is 28.7. The Morgan fingerprint density at radius 3 is 2.41 bits per heavy atom. The second-order valence-electron chi connectivity index (χ2n) is 16.5. The molecule has 2 aromatic carbocycles. The van der Waals surface area contributed by atoms with E-state index in [1.807, 2.05) is 14.1 Å². The molecule has 0 spiro atoms. The van der Waals surface area contributed by atoms with E-state index in [1.54, 1.807) is 73.8 Å². The first kappa shape index (κ1) is 44.7. The number of amides is 1. The number of phenolic OH excluding ortho intramolecular Hbond substituents is 1. The summed E-state index contributed by atoms with van der Waals surface area (Å²) >= 11 is 0. The third kappa shape index (κ3) is 8.20. The van der Waals surface area contributed by atoms with Crippen molar-refractivity contribution < 1.29 is 48.7 Å². The molecule has 0 saturated carbocycles. The zero-order valence-electron chi connectivity index (χ0n) is 36.3. The number of rotatable bonds is 4. The Labute approximate surface area is 352 Å². The van der Waals surface area contributed by atoms with E-state index in [-0.39, 0.29) is 49.6 Å². The fourth-order valence-electron chi connectivity index (χ4n) is 8.25. The molecule has 61 heavy (non-hydrogen) atoms. The maximum Gasteiger partial charge on any atom is 0.312 e. The first-order valence-electron chi connectivity index (χ1n) is 20.1. The van der Waals surface area contributed by atoms with Crippen LogP contribution in [0.4, 0.5) is 0 Å². The molecule has 0 fully saturated rings. The lowest BCUT2D eigenvalue weighted by Crippen LogP contribution is -2.46. The lowest BCUT2D eigenvalue weighted by atomic mass is 9.78. The van der Waals surface area contributed by atoms with E-state index < -0.39 is 82.7 Å². The highest BCUT2D eigenvalue weighted by Crippen LogP contribution is 2.44. The number of allylic oxidation sites excluding steroid dienone is 2. The van der Waals surface area contributed by atoms with E-state index in [2.05, 4.69) is 15.4 Å². The number of esters is 1. The number of imidazole rings is 1. The Morgan fingerprint density at radius 1 is 1.05 bits per heavy atom. The van der Waals surface area contributed by atoms with E-state index >= 15 is 0 Å². The number of methoxy groups -OCH3 is 1. The third-order valence-electron chi connectivity index (χ3n) is 11.9. The Hall–Kier alpha value is -5.81. The molecule has 4 bridgehead atoms. The quantitative estimate of drug-likeness (QED) is 0.147. The fourth-order valence-corrected chi connectivity index (χ4v) is 8.25. The average molecular weight is 842 g/mol. The van der Waals surface area contributed by atoms with Crippen LogP contribution in [0.2, 0.25) is 0 Å². The molecular weight excluding hydrogens is 787 g/mol. The number of phenols is 1. The molecule has 326 valence electrons. The monoisotopic (exact) mass is 841 g/mol. The number of aromatic hydroxyl groups is 1. The van der Waals surface area contributed by atoms with Gasteiger partial charge in [0.15, 0.2) is 11.2 Å². The Kier molecular flexibility index (Phi) is 12.7. The Morgan fingerprint density at radius 2 is 1.75 bits per heavy atom. The molecule has 4 aromatic rings. The molecule has 16 nitrogen and oxygen atoms in total. The zero-order valence-corrected chi connectivity index (χ0v) is 36.3. The minimum absolute atomic E-state index is 0.0203. The lowest BCUT2D eigenvalue weighted by molar-refractivity contribution is -0.160. The number of nitrogens with zero attached hydrogens (tertiary/aromatic N) is 3. The number of fused-ring (bicyclic) bond motifs is 2. The summed E-state index contributed by atoms with van der Waals surface area (Å²) in [5.74, 6) is -7.07. The summed E-state index contributed by atoms with van der Waals surface area (Å²) in [7, 11) is 5.12. The van der Waals surface area contributed by atoms with E-state index in [4.69, 9.17) is 18.9 Å². The molecule has 9 atom stereocenters. The number of ether oxygens (including phenoxy) is 4. The molecule has 5 N–H and O–H groups in total. The van der Waals surface area contributed by atoms with Crippen molar-refractivity contribution in [3.63, 3.8) is 0 Å². The largest absolute Gasteiger partial charge is 0.505 e. The molecule has 0 aliphatic carbocycles. The van der Waals surface area contributed by atoms with Gasteiger partial charge in [-0.2, -0.15) is 0 Å². The van der Waals surface area contributed by atoms with Crippen molar-refractivity contribution in [1.82, 2.24) is 19.8 Å². The van der Waals surface area contributed by atoms with Crippen LogP contribution in [0.5, 0.6) is 11.5 Å². The summed E-state index contributed by atoms with van der Waals surface area (Å²) in [5.41, 5.74) is 3.53. The number of carbonyl (C=O) groups excluding carboxylic acids is 3. The van der Waals surface area contributed by atoms with Gasteiger partial charge in [-0.1, -0.05) is 45.9 Å². The molecule has 0 radical (unpaired) electrons. The number of aromatic amines is 1. The van der Waals surface area contributed by atoms with Gasteiger partial charge in [0.25, 0.3) is 11.7 Å². The summed E-state index contributed by atoms with van der Waals surface area (Å²) in [6, 6.07) is 3.59. The van der Waals surface area contributed by atoms with Crippen LogP contribution in [-0.2, 0) is 23.8 Å². The van der Waals surface area contributed by atoms with Gasteiger partial charge in [-0.15, -0.1) is 0 Å². The molecule has 2 aliphatic rings. The van der Waals surface area contributed by atoms with Gasteiger partial charge in [0.1, 0.15) is 28.4 Å². The highest BCUT2D eigenvalue weighted by Gasteiger charge is 2.49. The van der Waals surface area contributed by atoms with E-state index in [0.29, 0.717) is 5.65 Å². The van der Waals surface area contributed by atoms with Crippen LogP contribution in [0.3, 0.4) is 0 Å². The third-order valence-corrected chi connectivity index (χ3v) is 11.9. The number of H-pyrrole nitrogens is 1. The van der Waals surface area contributed by atoms with Crippen molar-refractivity contribution in [2.45, 2.75) is 85.6 Å². The second kappa shape index (κ2) is 17.3. The van der Waals surface area contributed by atoms with Gasteiger partial charge in [0.2, 0.25) is 0 Å². The van der Waals surface area contributed by atoms with Gasteiger partial charge < -0.3 is 44.7 Å². The number of carbonyl (C=O) groups is 3. The predicted octanol–water partition coefficient (Wildman–Crippen LogP) is 3.45. The van der Waals surface area contributed by atoms with E-state index in [0.717, 1.165) is 5.22 Å². The van der Waals surface area contributed by atoms with E-state index in [1.165, 1.54) is 53.2 Å². The van der Waals surface area contributed by atoms with Crippen molar-refractivity contribution in [2.75, 3.05) is 21.2 Å². The van der Waals surface area contributed by atoms with Crippen molar-refractivity contribution >= 4 is 51.3 Å². The number of aromatic nitrogens is 2. The highest BCUT2D eigenvalue weighted by atomic mass is 16.7. The van der Waals surface area contributed by atoms with Crippen LogP contribution in [0.1, 0.15) is 64.4 Å². The number of benzene rings is 2. The molecule has 2 aromatic heterocycles. The van der Waals surface area contributed by atoms with Gasteiger partial charge in [-0.05, 0) is 37.3 Å². The summed E-state index contributed by atoms with van der Waals surface area (Å²) in [4.78, 5) is 62.9. The Balaban J connectivity index is 1.64. The second-order valence-corrected chi connectivity index (χ2v) is 16.5. The smallest absolute Gasteiger partial charge is 0.312 e. The highest BCUT2D eigenvalue weighted by molar-refractivity contribution is 6.23. The van der Waals surface area contributed by atoms with E-state index in [9.17, 15) is 34.5 Å². The standard InChI is InChI=1S/C45H55N5O11/c1-21-13-12-14-22(2)44(57)48-35-36-34(47-30-19-28(15-17-50(30)36)20-46-49(9)10)31-32(40(35)55)39(54)26(6)42-33(31)43(56)45(8,61-42)59-18-16-29(58-11)23(3)41(60-27(7)51)25(5)38(53)24(4)37(21)52/h12-21,23-25,29,37-38,41,46-47,52-53,55H,1-11H3/b13-12+,18-16+,22-14-,28-20?,48-35?/t21-,23+,24+,25+,29-,37-,38+,41+,45-/m0/s1. The van der Waals surface area contributed by atoms with Crippen molar-refractivity contribution in [1.29, 1.82) is 0 Å². The van der Waals surface area contributed by atoms with Crippen LogP contribution in [0, 0.1) is 30.6 Å². The molecule has 0 unspecified atom stereocenters. The minimum atomic E-state index is -2.00. The van der Waals surface area contributed by atoms with Gasteiger partial charge in [-0.3, -0.25) is 23.6 Å². The summed E-state index contributed by atoms with van der Waals surface area (Å²) in [6.07, 6.45) is 7.17. The topological polar surface area (TPSA) is 214 Å².